The van der Waals surface area contributed by atoms with Crippen molar-refractivity contribution in [3.63, 3.8) is 0 Å². The van der Waals surface area contributed by atoms with Crippen molar-refractivity contribution in [2.24, 2.45) is 17.8 Å². The zero-order valence-corrected chi connectivity index (χ0v) is 24.7. The molecule has 9 unspecified atom stereocenters. The largest absolute Gasteiger partial charge is 0.369 e. The molecule has 3 saturated heterocycles. The number of morpholine rings is 1. The summed E-state index contributed by atoms with van der Waals surface area (Å²) in [6.07, 6.45) is 12.6. The van der Waals surface area contributed by atoms with Gasteiger partial charge in [0.1, 0.15) is 6.17 Å². The summed E-state index contributed by atoms with van der Waals surface area (Å²) in [5, 5.41) is 6.59. The van der Waals surface area contributed by atoms with Crippen LogP contribution in [0.5, 0.6) is 0 Å². The van der Waals surface area contributed by atoms with E-state index in [4.69, 9.17) is 4.74 Å². The van der Waals surface area contributed by atoms with Crippen molar-refractivity contribution in [3.05, 3.63) is 11.8 Å². The standard InChI is InChI=1S/C32H50FN5O3/c33-25-19-23-29-31(28(25)34-9-15-36-11-3-4-12-36)41-27-18-22-8-2-1-7-21(22)17-26(27)38(29)20-24(30(23)39)32(40)35-10-16-37-13-5-6-14-37/h20-23,25-29,31,34H,1-19H2,(H,35,40). The molecule has 6 fully saturated rings. The molecule has 0 aromatic rings. The van der Waals surface area contributed by atoms with Gasteiger partial charge in [-0.3, -0.25) is 9.59 Å². The number of halogens is 1. The lowest BCUT2D eigenvalue weighted by Gasteiger charge is -2.61. The lowest BCUT2D eigenvalue weighted by Crippen LogP contribution is -2.73. The fourth-order valence-corrected chi connectivity index (χ4v) is 9.52. The van der Waals surface area contributed by atoms with Gasteiger partial charge in [0, 0.05) is 38.3 Å². The van der Waals surface area contributed by atoms with Crippen molar-refractivity contribution in [1.29, 1.82) is 0 Å². The zero-order chi connectivity index (χ0) is 27.9. The summed E-state index contributed by atoms with van der Waals surface area (Å²) in [4.78, 5) is 34.4. The van der Waals surface area contributed by atoms with Gasteiger partial charge in [-0.25, -0.2) is 4.39 Å². The number of Topliss-reactive ketones (excluding diaryl/α,β-unsaturated/α-hetero) is 1. The number of fused-ring (bicyclic) bond motifs is 3. The maximum Gasteiger partial charge on any atom is 0.256 e. The van der Waals surface area contributed by atoms with Crippen LogP contribution < -0.4 is 10.6 Å². The number of alkyl halides is 1. The van der Waals surface area contributed by atoms with Crippen molar-refractivity contribution in [1.82, 2.24) is 25.3 Å². The molecule has 228 valence electrons. The summed E-state index contributed by atoms with van der Waals surface area (Å²) >= 11 is 0. The van der Waals surface area contributed by atoms with Crippen LogP contribution in [-0.4, -0.2) is 115 Å². The van der Waals surface area contributed by atoms with E-state index in [0.29, 0.717) is 18.4 Å². The van der Waals surface area contributed by atoms with Crippen LogP contribution in [0, 0.1) is 17.8 Å². The number of rotatable bonds is 8. The number of amides is 1. The van der Waals surface area contributed by atoms with Crippen molar-refractivity contribution in [3.8, 4) is 0 Å². The van der Waals surface area contributed by atoms with Crippen molar-refractivity contribution in [2.75, 3.05) is 52.4 Å². The predicted molar refractivity (Wildman–Crippen MR) is 155 cm³/mol. The van der Waals surface area contributed by atoms with Crippen molar-refractivity contribution < 1.29 is 18.7 Å². The minimum absolute atomic E-state index is 0.0216. The van der Waals surface area contributed by atoms with Gasteiger partial charge in [-0.1, -0.05) is 25.7 Å². The van der Waals surface area contributed by atoms with E-state index in [1.54, 1.807) is 0 Å². The van der Waals surface area contributed by atoms with Gasteiger partial charge in [-0.05, 0) is 83.0 Å². The number of ketones is 1. The molecule has 3 aliphatic carbocycles. The van der Waals surface area contributed by atoms with Gasteiger partial charge in [0.2, 0.25) is 0 Å². The fourth-order valence-electron chi connectivity index (χ4n) is 9.52. The smallest absolute Gasteiger partial charge is 0.256 e. The first-order chi connectivity index (χ1) is 20.1. The van der Waals surface area contributed by atoms with Gasteiger partial charge in [0.15, 0.2) is 5.78 Å². The monoisotopic (exact) mass is 571 g/mol. The molecule has 7 aliphatic rings. The van der Waals surface area contributed by atoms with E-state index in [2.05, 4.69) is 25.3 Å². The molecule has 41 heavy (non-hydrogen) atoms. The zero-order valence-electron chi connectivity index (χ0n) is 24.7. The average molecular weight is 572 g/mol. The molecule has 3 saturated carbocycles. The Bertz CT molecular complexity index is 998. The Morgan fingerprint density at radius 1 is 0.902 bits per heavy atom. The minimum Gasteiger partial charge on any atom is -0.369 e. The van der Waals surface area contributed by atoms with Crippen LogP contribution in [0.3, 0.4) is 0 Å². The molecule has 9 atom stereocenters. The Kier molecular flexibility index (Phi) is 8.41. The topological polar surface area (TPSA) is 77.2 Å². The molecule has 2 N–H and O–H groups in total. The Morgan fingerprint density at radius 3 is 2.27 bits per heavy atom. The van der Waals surface area contributed by atoms with Crippen LogP contribution in [0.4, 0.5) is 4.39 Å². The van der Waals surface area contributed by atoms with Crippen LogP contribution in [0.2, 0.25) is 0 Å². The molecule has 8 nitrogen and oxygen atoms in total. The lowest BCUT2D eigenvalue weighted by atomic mass is 9.65. The third-order valence-corrected chi connectivity index (χ3v) is 11.6. The molecule has 0 bridgehead atoms. The number of carbonyl (C=O) groups excluding carboxylic acids is 2. The Balaban J connectivity index is 1.12. The van der Waals surface area contributed by atoms with Crippen LogP contribution in [0.1, 0.15) is 70.6 Å². The SMILES string of the molecule is O=C(NCCN1CCCC1)C1=CN2C3CC4CCCCC4CC3OC3C(NCCN4CCCC4)C(F)CC(C1=O)C32. The normalized spacial score (nSPS) is 41.0. The highest BCUT2D eigenvalue weighted by Gasteiger charge is 2.59. The number of nitrogens with zero attached hydrogens (tertiary/aromatic N) is 3. The number of carbonyl (C=O) groups is 2. The first kappa shape index (κ1) is 28.2. The number of nitrogens with one attached hydrogen (secondary N) is 2. The van der Waals surface area contributed by atoms with Crippen molar-refractivity contribution >= 4 is 11.7 Å². The van der Waals surface area contributed by atoms with E-state index >= 15 is 4.39 Å². The number of likely N-dealkylation sites (tertiary alicyclic amines) is 2. The first-order valence-corrected chi connectivity index (χ1v) is 16.9. The molecule has 0 aromatic carbocycles. The third-order valence-electron chi connectivity index (χ3n) is 11.6. The van der Waals surface area contributed by atoms with E-state index in [9.17, 15) is 9.59 Å². The van der Waals surface area contributed by atoms with Gasteiger partial charge < -0.3 is 30.1 Å². The predicted octanol–water partition coefficient (Wildman–Crippen LogP) is 2.48. The molecule has 1 amide bonds. The van der Waals surface area contributed by atoms with E-state index in [-0.39, 0.29) is 48.0 Å². The summed E-state index contributed by atoms with van der Waals surface area (Å²) in [6, 6.07) is -0.482. The summed E-state index contributed by atoms with van der Waals surface area (Å²) in [6.45, 7) is 7.40. The first-order valence-electron chi connectivity index (χ1n) is 16.9. The van der Waals surface area contributed by atoms with Crippen LogP contribution >= 0.6 is 0 Å². The highest BCUT2D eigenvalue weighted by molar-refractivity contribution is 6.20. The molecular weight excluding hydrogens is 521 g/mol. The van der Waals surface area contributed by atoms with E-state index in [0.717, 1.165) is 58.7 Å². The second-order valence-corrected chi connectivity index (χ2v) is 14.0. The van der Waals surface area contributed by atoms with E-state index < -0.39 is 18.1 Å². The number of ether oxygens (including phenoxy) is 1. The summed E-state index contributed by atoms with van der Waals surface area (Å²) in [5.41, 5.74) is 0.227. The van der Waals surface area contributed by atoms with Gasteiger partial charge in [0.25, 0.3) is 5.91 Å². The summed E-state index contributed by atoms with van der Waals surface area (Å²) < 4.78 is 22.9. The quantitative estimate of drug-likeness (QED) is 0.434. The minimum atomic E-state index is -1.18. The molecule has 0 aromatic heterocycles. The third kappa shape index (κ3) is 5.61. The highest BCUT2D eigenvalue weighted by Crippen LogP contribution is 2.50. The van der Waals surface area contributed by atoms with Crippen LogP contribution in [-0.2, 0) is 14.3 Å². The lowest BCUT2D eigenvalue weighted by molar-refractivity contribution is -0.208. The Morgan fingerprint density at radius 2 is 1.56 bits per heavy atom. The molecule has 0 spiro atoms. The van der Waals surface area contributed by atoms with Gasteiger partial charge in [-0.15, -0.1) is 0 Å². The number of hydrogen-bond acceptors (Lipinski definition) is 7. The van der Waals surface area contributed by atoms with E-state index in [1.165, 1.54) is 51.4 Å². The Labute approximate surface area is 244 Å². The molecular formula is C32H50FN5O3. The second kappa shape index (κ2) is 12.2. The maximum atomic E-state index is 16.0. The van der Waals surface area contributed by atoms with Crippen molar-refractivity contribution in [2.45, 2.75) is 107 Å². The molecule has 9 heteroatoms. The average Bonchev–Trinajstić information content (AvgIpc) is 3.69. The van der Waals surface area contributed by atoms with Crippen LogP contribution in [0.15, 0.2) is 11.8 Å². The van der Waals surface area contributed by atoms with Gasteiger partial charge >= 0.3 is 0 Å². The molecule has 0 radical (unpaired) electrons. The molecule has 7 rings (SSSR count). The fraction of sp³-hybridized carbons (Fsp3) is 0.875. The Hall–Kier alpha value is -1.55. The maximum absolute atomic E-state index is 16.0. The van der Waals surface area contributed by atoms with Gasteiger partial charge in [-0.2, -0.15) is 0 Å². The second-order valence-electron chi connectivity index (χ2n) is 14.0. The van der Waals surface area contributed by atoms with E-state index in [1.807, 2.05) is 6.20 Å². The highest BCUT2D eigenvalue weighted by atomic mass is 19.1. The number of hydrogen-bond donors (Lipinski definition) is 2. The summed E-state index contributed by atoms with van der Waals surface area (Å²) in [5.74, 6) is 0.328. The van der Waals surface area contributed by atoms with Gasteiger partial charge in [0.05, 0.1) is 35.9 Å². The summed E-state index contributed by atoms with van der Waals surface area (Å²) in [7, 11) is 0. The molecule has 4 aliphatic heterocycles. The van der Waals surface area contributed by atoms with Crippen LogP contribution in [0.25, 0.3) is 0 Å². The molecule has 4 heterocycles.